The molecule has 6 aromatic carbocycles. The third kappa shape index (κ3) is 7.58. The minimum atomic E-state index is 0.249. The Morgan fingerprint density at radius 2 is 1.22 bits per heavy atom. The number of aromatic nitrogens is 3. The van der Waals surface area contributed by atoms with Crippen LogP contribution in [0.15, 0.2) is 138 Å². The molecule has 4 saturated carbocycles. The molecule has 5 nitrogen and oxygen atoms in total. The lowest BCUT2D eigenvalue weighted by atomic mass is 9.54. The zero-order valence-corrected chi connectivity index (χ0v) is 39.3. The molecule has 0 spiro atoms. The van der Waals surface area contributed by atoms with Crippen LogP contribution in [0.4, 0.5) is 0 Å². The molecule has 0 N–H and O–H groups in total. The van der Waals surface area contributed by atoms with Gasteiger partial charge in [0.05, 0.1) is 11.6 Å². The Labute approximate surface area is 395 Å². The second kappa shape index (κ2) is 16.7. The van der Waals surface area contributed by atoms with Gasteiger partial charge >= 0.3 is 0 Å². The number of fused-ring (bicyclic) bond motifs is 7. The molecule has 67 heavy (non-hydrogen) atoms. The maximum absolute atomic E-state index is 9.60. The first-order valence-corrected chi connectivity index (χ1v) is 25.3. The molecule has 0 radical (unpaired) electrons. The van der Waals surface area contributed by atoms with Crippen molar-refractivity contribution in [2.24, 2.45) is 29.6 Å². The maximum Gasteiger partial charge on any atom is 0.164 e. The van der Waals surface area contributed by atoms with Crippen molar-refractivity contribution >= 4 is 21.9 Å². The Hall–Kier alpha value is -6.38. The van der Waals surface area contributed by atoms with Crippen molar-refractivity contribution in [2.45, 2.75) is 109 Å². The van der Waals surface area contributed by atoms with Gasteiger partial charge in [-0.1, -0.05) is 143 Å². The van der Waals surface area contributed by atoms with Crippen molar-refractivity contribution in [2.75, 3.05) is 0 Å². The normalized spacial score (nSPS) is 25.8. The van der Waals surface area contributed by atoms with E-state index in [4.69, 9.17) is 19.4 Å². The summed E-state index contributed by atoms with van der Waals surface area (Å²) in [5.41, 5.74) is 12.9. The minimum Gasteiger partial charge on any atom is -0.456 e. The van der Waals surface area contributed by atoms with Gasteiger partial charge in [0.2, 0.25) is 0 Å². The largest absolute Gasteiger partial charge is 0.456 e. The summed E-state index contributed by atoms with van der Waals surface area (Å²) in [4.78, 5) is 16.1. The minimum absolute atomic E-state index is 0.249. The Morgan fingerprint density at radius 1 is 0.567 bits per heavy atom. The van der Waals surface area contributed by atoms with Crippen LogP contribution in [0.5, 0.6) is 0 Å². The van der Waals surface area contributed by atoms with Gasteiger partial charge in [0.1, 0.15) is 11.2 Å². The van der Waals surface area contributed by atoms with Gasteiger partial charge in [0.15, 0.2) is 17.5 Å². The Balaban J connectivity index is 0.963. The van der Waals surface area contributed by atoms with E-state index in [1.807, 2.05) is 30.3 Å². The van der Waals surface area contributed by atoms with Gasteiger partial charge < -0.3 is 4.42 Å². The summed E-state index contributed by atoms with van der Waals surface area (Å²) < 4.78 is 6.31. The van der Waals surface area contributed by atoms with Crippen molar-refractivity contribution in [1.29, 1.82) is 5.26 Å². The summed E-state index contributed by atoms with van der Waals surface area (Å²) in [5.74, 6) is 6.01. The first kappa shape index (κ1) is 42.0. The molecule has 7 atom stereocenters. The van der Waals surface area contributed by atoms with Crippen molar-refractivity contribution in [3.63, 3.8) is 0 Å². The van der Waals surface area contributed by atoms with E-state index in [2.05, 4.69) is 130 Å². The van der Waals surface area contributed by atoms with Crippen LogP contribution in [-0.4, -0.2) is 15.0 Å². The average Bonchev–Trinajstić information content (AvgIpc) is 3.74. The van der Waals surface area contributed by atoms with E-state index in [9.17, 15) is 5.26 Å². The predicted molar refractivity (Wildman–Crippen MR) is 272 cm³/mol. The highest BCUT2D eigenvalue weighted by Crippen LogP contribution is 2.55. The number of rotatable bonds is 8. The molecular formula is C62H60N4O. The molecule has 0 aliphatic heterocycles. The van der Waals surface area contributed by atoms with Gasteiger partial charge in [-0.25, -0.2) is 15.0 Å². The van der Waals surface area contributed by atoms with Crippen LogP contribution in [0.2, 0.25) is 0 Å². The average molecular weight is 877 g/mol. The Kier molecular flexibility index (Phi) is 10.5. The van der Waals surface area contributed by atoms with E-state index >= 15 is 0 Å². The van der Waals surface area contributed by atoms with Gasteiger partial charge in [-0.05, 0) is 162 Å². The molecule has 12 rings (SSSR count). The van der Waals surface area contributed by atoms with E-state index in [1.165, 1.54) is 93.7 Å². The molecule has 2 unspecified atom stereocenters. The molecule has 2 heterocycles. The lowest BCUT2D eigenvalue weighted by Gasteiger charge is -2.51. The highest BCUT2D eigenvalue weighted by atomic mass is 16.3. The molecule has 2 aromatic heterocycles. The number of benzene rings is 6. The van der Waals surface area contributed by atoms with Crippen molar-refractivity contribution < 1.29 is 4.42 Å². The predicted octanol–water partition coefficient (Wildman–Crippen LogP) is 16.3. The van der Waals surface area contributed by atoms with E-state index in [1.54, 1.807) is 0 Å². The van der Waals surface area contributed by atoms with Crippen LogP contribution in [0.25, 0.3) is 78.4 Å². The third-order valence-electron chi connectivity index (χ3n) is 16.9. The Bertz CT molecular complexity index is 3190. The lowest BCUT2D eigenvalue weighted by Crippen LogP contribution is -2.42. The summed E-state index contributed by atoms with van der Waals surface area (Å²) in [6.45, 7) is 7.33. The lowest BCUT2D eigenvalue weighted by molar-refractivity contribution is 0.0702. The van der Waals surface area contributed by atoms with Crippen LogP contribution < -0.4 is 0 Å². The van der Waals surface area contributed by atoms with Crippen LogP contribution >= 0.6 is 0 Å². The Morgan fingerprint density at radius 3 is 2.01 bits per heavy atom. The molecular weight excluding hydrogens is 817 g/mol. The molecule has 0 saturated heterocycles. The summed E-state index contributed by atoms with van der Waals surface area (Å²) >= 11 is 0. The van der Waals surface area contributed by atoms with Crippen LogP contribution in [0.3, 0.4) is 0 Å². The quantitative estimate of drug-likeness (QED) is 0.152. The highest BCUT2D eigenvalue weighted by Gasteiger charge is 2.46. The molecule has 4 aliphatic carbocycles. The fourth-order valence-electron chi connectivity index (χ4n) is 14.4. The number of furan rings is 1. The fourth-order valence-corrected chi connectivity index (χ4v) is 14.4. The van der Waals surface area contributed by atoms with Crippen LogP contribution in [-0.2, 0) is 10.8 Å². The smallest absolute Gasteiger partial charge is 0.164 e. The van der Waals surface area contributed by atoms with Gasteiger partial charge in [-0.2, -0.15) is 5.26 Å². The number of nitriles is 1. The highest BCUT2D eigenvalue weighted by molar-refractivity contribution is 6.12. The molecule has 8 aromatic rings. The first-order chi connectivity index (χ1) is 32.7. The topological polar surface area (TPSA) is 75.6 Å². The van der Waals surface area contributed by atoms with Crippen molar-refractivity contribution in [1.82, 2.24) is 15.0 Å². The van der Waals surface area contributed by atoms with Gasteiger partial charge in [-0.15, -0.1) is 0 Å². The fraction of sp³-hybridized carbons (Fsp3) is 0.355. The van der Waals surface area contributed by atoms with Gasteiger partial charge in [0.25, 0.3) is 0 Å². The SMILES string of the molecule is CC[C@@H]1C[C@@H]2C[C@H](C)CC(c3ccc(-c4nc(-c5cccc(-c6cccc7oc8cc(C#N)ccc8c67)c5)nc(-c5ccccc5-c5ccc(C67CCC[C@@H](C[C@@H](C)C6)C7)cc5)n4)cc3)(C1)C2. The molecule has 4 aliphatic rings. The molecule has 0 amide bonds. The molecule has 334 valence electrons. The molecule has 4 fully saturated rings. The number of hydrogen-bond donors (Lipinski definition) is 0. The standard InChI is InChI=1S/C62H60N4O/c1-4-41-30-44-29-40(3)34-62(35-41,37-44)50-24-20-46(21-25-50)58-64-59(48-12-7-11-47(32-48)52-15-8-16-55-57(52)54-26-17-43(38-63)31-56(54)67-55)66-60(65-58)53-14-6-5-13-51(53)45-18-22-49(23-19-45)61-27-9-10-42(36-61)28-39(2)33-61/h5-8,11-26,31-32,39-42,44H,4,9-10,27-30,33-37H2,1-3H3/t39-,40+,41-,42+,44+,61?,62?/m1/s1. The zero-order chi connectivity index (χ0) is 45.3. The molecule has 4 bridgehead atoms. The van der Waals surface area contributed by atoms with E-state index < -0.39 is 0 Å². The second-order valence-corrected chi connectivity index (χ2v) is 21.6. The van der Waals surface area contributed by atoms with Gasteiger partial charge in [-0.3, -0.25) is 0 Å². The summed E-state index contributed by atoms with van der Waals surface area (Å²) in [6, 6.07) is 50.2. The van der Waals surface area contributed by atoms with Crippen LogP contribution in [0.1, 0.15) is 115 Å². The first-order valence-electron chi connectivity index (χ1n) is 25.3. The van der Waals surface area contributed by atoms with Crippen molar-refractivity contribution in [3.8, 4) is 62.5 Å². The van der Waals surface area contributed by atoms with Crippen LogP contribution in [0, 0.1) is 40.9 Å². The zero-order valence-electron chi connectivity index (χ0n) is 39.3. The monoisotopic (exact) mass is 876 g/mol. The summed E-state index contributed by atoms with van der Waals surface area (Å²) in [7, 11) is 0. The maximum atomic E-state index is 9.60. The summed E-state index contributed by atoms with van der Waals surface area (Å²) in [6.07, 6.45) is 16.0. The number of nitrogens with zero attached hydrogens (tertiary/aromatic N) is 4. The van der Waals surface area contributed by atoms with Gasteiger partial charge in [0, 0.05) is 27.5 Å². The van der Waals surface area contributed by atoms with E-state index in [0.717, 1.165) is 79.3 Å². The third-order valence-corrected chi connectivity index (χ3v) is 16.9. The van der Waals surface area contributed by atoms with E-state index in [-0.39, 0.29) is 5.41 Å². The summed E-state index contributed by atoms with van der Waals surface area (Å²) in [5, 5.41) is 11.6. The number of hydrogen-bond acceptors (Lipinski definition) is 5. The van der Waals surface area contributed by atoms with E-state index in [0.29, 0.717) is 34.0 Å². The van der Waals surface area contributed by atoms with Crippen molar-refractivity contribution in [3.05, 3.63) is 150 Å². The molecule has 5 heteroatoms. The second-order valence-electron chi connectivity index (χ2n) is 21.6.